The fraction of sp³-hybridized carbons (Fsp3) is 0.421. The van der Waals surface area contributed by atoms with Crippen LogP contribution in [0.15, 0.2) is 40.7 Å². The van der Waals surface area contributed by atoms with Crippen molar-refractivity contribution in [1.29, 1.82) is 0 Å². The Bertz CT molecular complexity index is 841. The number of allylic oxidation sites excluding steroid dienone is 2. The Hall–Kier alpha value is -2.43. The summed E-state index contributed by atoms with van der Waals surface area (Å²) in [5.41, 5.74) is 2.06. The molecule has 1 heterocycles. The van der Waals surface area contributed by atoms with Crippen LogP contribution in [0, 0.1) is 5.41 Å². The van der Waals surface area contributed by atoms with Crippen LogP contribution in [0.2, 0.25) is 0 Å². The van der Waals surface area contributed by atoms with Gasteiger partial charge in [-0.2, -0.15) is 5.10 Å². The van der Waals surface area contributed by atoms with E-state index in [1.54, 1.807) is 6.20 Å². The van der Waals surface area contributed by atoms with Crippen LogP contribution in [0.4, 0.5) is 5.69 Å². The maximum atomic E-state index is 12.5. The Morgan fingerprint density at radius 2 is 2.04 bits per heavy atom. The first-order valence-corrected chi connectivity index (χ1v) is 8.58. The summed E-state index contributed by atoms with van der Waals surface area (Å²) in [6.45, 7) is 0. The van der Waals surface area contributed by atoms with E-state index in [0.717, 1.165) is 42.3 Å². The van der Waals surface area contributed by atoms with Crippen LogP contribution < -0.4 is 0 Å². The second-order valence-corrected chi connectivity index (χ2v) is 7.10. The van der Waals surface area contributed by atoms with Crippen LogP contribution in [0.3, 0.4) is 0 Å². The van der Waals surface area contributed by atoms with Gasteiger partial charge in [-0.25, -0.2) is 0 Å². The van der Waals surface area contributed by atoms with Crippen molar-refractivity contribution >= 4 is 28.6 Å². The molecule has 0 amide bonds. The lowest BCUT2D eigenvalue weighted by molar-refractivity contribution is -0.119. The number of benzene rings is 1. The van der Waals surface area contributed by atoms with Gasteiger partial charge >= 0.3 is 0 Å². The third-order valence-corrected chi connectivity index (χ3v) is 5.37. The number of hydrogen-bond acceptors (Lipinski definition) is 4. The molecular formula is C19H21N3O2. The lowest BCUT2D eigenvalue weighted by Crippen LogP contribution is -2.33. The largest absolute Gasteiger partial charge is 0.511 e. The summed E-state index contributed by atoms with van der Waals surface area (Å²) < 4.78 is 0. The summed E-state index contributed by atoms with van der Waals surface area (Å²) in [4.78, 5) is 16.9. The second kappa shape index (κ2) is 5.89. The zero-order chi connectivity index (χ0) is 16.6. The first-order chi connectivity index (χ1) is 11.7. The first kappa shape index (κ1) is 15.1. The molecule has 2 aliphatic rings. The Labute approximate surface area is 140 Å². The van der Waals surface area contributed by atoms with Crippen molar-refractivity contribution in [2.45, 2.75) is 44.9 Å². The van der Waals surface area contributed by atoms with Gasteiger partial charge in [-0.1, -0.05) is 19.3 Å². The molecule has 1 aromatic heterocycles. The third kappa shape index (κ3) is 2.75. The number of aliphatic hydroxyl groups excluding tert-OH is 1. The van der Waals surface area contributed by atoms with Gasteiger partial charge in [0.25, 0.3) is 0 Å². The van der Waals surface area contributed by atoms with Crippen molar-refractivity contribution in [2.75, 3.05) is 0 Å². The SMILES string of the molecule is O=C1CC2(CCCCC2)CC(O)=C1C=Nc1ccc2[nH]ncc2c1. The number of aromatic amines is 1. The summed E-state index contributed by atoms with van der Waals surface area (Å²) in [7, 11) is 0. The minimum Gasteiger partial charge on any atom is -0.511 e. The van der Waals surface area contributed by atoms with E-state index in [1.807, 2.05) is 18.2 Å². The summed E-state index contributed by atoms with van der Waals surface area (Å²) in [6, 6.07) is 5.68. The molecule has 0 unspecified atom stereocenters. The Morgan fingerprint density at radius 3 is 2.83 bits per heavy atom. The third-order valence-electron chi connectivity index (χ3n) is 5.37. The molecule has 1 spiro atoms. The highest BCUT2D eigenvalue weighted by Crippen LogP contribution is 2.47. The summed E-state index contributed by atoms with van der Waals surface area (Å²) in [5, 5.41) is 18.3. The average molecular weight is 323 g/mol. The van der Waals surface area contributed by atoms with Gasteiger partial charge in [-0.15, -0.1) is 0 Å². The molecule has 24 heavy (non-hydrogen) atoms. The molecule has 4 rings (SSSR count). The number of rotatable bonds is 2. The number of nitrogens with zero attached hydrogens (tertiary/aromatic N) is 2. The normalized spacial score (nSPS) is 21.2. The number of hydrogen-bond donors (Lipinski definition) is 2. The van der Waals surface area contributed by atoms with Crippen molar-refractivity contribution in [3.05, 3.63) is 35.7 Å². The quantitative estimate of drug-likeness (QED) is 0.804. The van der Waals surface area contributed by atoms with Gasteiger partial charge in [0.2, 0.25) is 0 Å². The van der Waals surface area contributed by atoms with Gasteiger partial charge < -0.3 is 5.11 Å². The van der Waals surface area contributed by atoms with Crippen LogP contribution in [-0.4, -0.2) is 27.3 Å². The topological polar surface area (TPSA) is 78.3 Å². The monoisotopic (exact) mass is 323 g/mol. The Morgan fingerprint density at radius 1 is 1.21 bits per heavy atom. The average Bonchev–Trinajstić information content (AvgIpc) is 3.02. The van der Waals surface area contributed by atoms with Crippen molar-refractivity contribution in [3.63, 3.8) is 0 Å². The molecule has 1 fully saturated rings. The summed E-state index contributed by atoms with van der Waals surface area (Å²) >= 11 is 0. The van der Waals surface area contributed by atoms with E-state index in [0.29, 0.717) is 18.4 Å². The number of aliphatic hydroxyl groups is 1. The number of H-pyrrole nitrogens is 1. The van der Waals surface area contributed by atoms with Gasteiger partial charge in [0, 0.05) is 24.4 Å². The number of carbonyl (C=O) groups excluding carboxylic acids is 1. The zero-order valence-corrected chi connectivity index (χ0v) is 13.6. The molecule has 1 saturated carbocycles. The highest BCUT2D eigenvalue weighted by Gasteiger charge is 2.40. The van der Waals surface area contributed by atoms with E-state index in [2.05, 4.69) is 15.2 Å². The van der Waals surface area contributed by atoms with Gasteiger partial charge in [0.15, 0.2) is 5.78 Å². The molecule has 0 saturated heterocycles. The van der Waals surface area contributed by atoms with Crippen LogP contribution >= 0.6 is 0 Å². The lowest BCUT2D eigenvalue weighted by Gasteiger charge is -2.39. The zero-order valence-electron chi connectivity index (χ0n) is 13.6. The lowest BCUT2D eigenvalue weighted by atomic mass is 9.65. The van der Waals surface area contributed by atoms with E-state index in [9.17, 15) is 9.90 Å². The van der Waals surface area contributed by atoms with E-state index in [4.69, 9.17) is 0 Å². The van der Waals surface area contributed by atoms with E-state index in [-0.39, 0.29) is 17.0 Å². The number of ketones is 1. The molecule has 5 nitrogen and oxygen atoms in total. The van der Waals surface area contributed by atoms with Crippen LogP contribution in [0.5, 0.6) is 0 Å². The number of fused-ring (bicyclic) bond motifs is 1. The molecule has 124 valence electrons. The number of aliphatic imine (C=N–C) groups is 1. The van der Waals surface area contributed by atoms with Crippen molar-refractivity contribution in [2.24, 2.45) is 10.4 Å². The Balaban J connectivity index is 1.58. The minimum absolute atomic E-state index is 0.00748. The molecule has 2 N–H and O–H groups in total. The number of carbonyl (C=O) groups is 1. The van der Waals surface area contributed by atoms with Crippen molar-refractivity contribution in [1.82, 2.24) is 10.2 Å². The van der Waals surface area contributed by atoms with Gasteiger partial charge in [-0.05, 0) is 36.5 Å². The van der Waals surface area contributed by atoms with Crippen LogP contribution in [0.25, 0.3) is 10.9 Å². The molecule has 0 bridgehead atoms. The highest BCUT2D eigenvalue weighted by atomic mass is 16.3. The molecule has 2 aliphatic carbocycles. The highest BCUT2D eigenvalue weighted by molar-refractivity contribution is 6.15. The molecule has 0 aliphatic heterocycles. The minimum atomic E-state index is -0.00748. The Kier molecular flexibility index (Phi) is 3.71. The molecule has 5 heteroatoms. The predicted molar refractivity (Wildman–Crippen MR) is 93.7 cm³/mol. The van der Waals surface area contributed by atoms with Crippen molar-refractivity contribution < 1.29 is 9.90 Å². The molecule has 0 atom stereocenters. The van der Waals surface area contributed by atoms with Crippen molar-refractivity contribution in [3.8, 4) is 0 Å². The number of aromatic nitrogens is 2. The predicted octanol–water partition coefficient (Wildman–Crippen LogP) is 4.39. The van der Waals surface area contributed by atoms with Gasteiger partial charge in [0.1, 0.15) is 5.76 Å². The molecular weight excluding hydrogens is 302 g/mol. The number of Topliss-reactive ketones (excluding diaryl/α,β-unsaturated/α-hetero) is 1. The summed E-state index contributed by atoms with van der Waals surface area (Å²) in [6.07, 6.45) is 10.1. The smallest absolute Gasteiger partial charge is 0.168 e. The standard InChI is InChI=1S/C19H21N3O2/c23-17-9-19(6-2-1-3-7-19)10-18(24)15(17)12-20-14-4-5-16-13(8-14)11-21-22-16/h4-5,8,11-12,23H,1-3,6-7,9-10H2,(H,21,22). The fourth-order valence-electron chi connectivity index (χ4n) is 4.06. The maximum Gasteiger partial charge on any atom is 0.168 e. The number of nitrogens with one attached hydrogen (secondary N) is 1. The maximum absolute atomic E-state index is 12.5. The molecule has 2 aromatic rings. The second-order valence-electron chi connectivity index (χ2n) is 7.10. The molecule has 0 radical (unpaired) electrons. The molecule has 1 aromatic carbocycles. The van der Waals surface area contributed by atoms with Crippen LogP contribution in [0.1, 0.15) is 44.9 Å². The van der Waals surface area contributed by atoms with E-state index < -0.39 is 0 Å². The fourth-order valence-corrected chi connectivity index (χ4v) is 4.06. The van der Waals surface area contributed by atoms with E-state index >= 15 is 0 Å². The summed E-state index contributed by atoms with van der Waals surface area (Å²) in [5.74, 6) is 0.232. The first-order valence-electron chi connectivity index (χ1n) is 8.58. The van der Waals surface area contributed by atoms with Gasteiger partial charge in [0.05, 0.1) is 23.0 Å². The van der Waals surface area contributed by atoms with Gasteiger partial charge in [-0.3, -0.25) is 14.9 Å². The van der Waals surface area contributed by atoms with E-state index in [1.165, 1.54) is 12.6 Å². The van der Waals surface area contributed by atoms with Crippen LogP contribution in [-0.2, 0) is 4.79 Å².